The van der Waals surface area contributed by atoms with Crippen molar-refractivity contribution in [2.45, 2.75) is 29.4 Å². The standard InChI is InChI=1S/C11H11FO4S/c12-9-5-7(6-11(13)14)1-4-10(9)17(15,16)8-2-3-8/h1,4-5,8H,2-3,6H2,(H,13,14). The summed E-state index contributed by atoms with van der Waals surface area (Å²) < 4.78 is 37.2. The minimum atomic E-state index is -3.56. The first-order chi connectivity index (χ1) is 7.91. The van der Waals surface area contributed by atoms with Crippen LogP contribution in [0, 0.1) is 5.82 Å². The summed E-state index contributed by atoms with van der Waals surface area (Å²) in [6.45, 7) is 0. The van der Waals surface area contributed by atoms with E-state index in [4.69, 9.17) is 5.11 Å². The summed E-state index contributed by atoms with van der Waals surface area (Å²) in [5, 5.41) is 8.07. The van der Waals surface area contributed by atoms with Crippen LogP contribution in [0.2, 0.25) is 0 Å². The number of sulfone groups is 1. The SMILES string of the molecule is O=C(O)Cc1ccc(S(=O)(=O)C2CC2)c(F)c1. The van der Waals surface area contributed by atoms with Gasteiger partial charge >= 0.3 is 5.97 Å². The average molecular weight is 258 g/mol. The van der Waals surface area contributed by atoms with E-state index in [1.807, 2.05) is 0 Å². The van der Waals surface area contributed by atoms with Gasteiger partial charge in [-0.1, -0.05) is 6.07 Å². The molecular formula is C11H11FO4S. The van der Waals surface area contributed by atoms with Crippen LogP contribution in [0.25, 0.3) is 0 Å². The summed E-state index contributed by atoms with van der Waals surface area (Å²) in [5.74, 6) is -1.95. The van der Waals surface area contributed by atoms with Gasteiger partial charge in [0.25, 0.3) is 0 Å². The monoisotopic (exact) mass is 258 g/mol. The van der Waals surface area contributed by atoms with Gasteiger partial charge in [0.05, 0.1) is 11.7 Å². The first-order valence-electron chi connectivity index (χ1n) is 5.15. The van der Waals surface area contributed by atoms with Crippen molar-refractivity contribution in [3.05, 3.63) is 29.6 Å². The lowest BCUT2D eigenvalue weighted by atomic mass is 10.1. The van der Waals surface area contributed by atoms with E-state index in [0.717, 1.165) is 12.1 Å². The third-order valence-corrected chi connectivity index (χ3v) is 4.91. The van der Waals surface area contributed by atoms with Crippen LogP contribution in [0.5, 0.6) is 0 Å². The predicted molar refractivity (Wildman–Crippen MR) is 57.9 cm³/mol. The second-order valence-electron chi connectivity index (χ2n) is 4.08. The number of carbonyl (C=O) groups is 1. The van der Waals surface area contributed by atoms with Crippen LogP contribution < -0.4 is 0 Å². The van der Waals surface area contributed by atoms with Gasteiger partial charge in [-0.05, 0) is 30.5 Å². The van der Waals surface area contributed by atoms with Crippen LogP contribution in [0.3, 0.4) is 0 Å². The number of rotatable bonds is 4. The van der Waals surface area contributed by atoms with Crippen LogP contribution in [0.1, 0.15) is 18.4 Å². The molecule has 0 radical (unpaired) electrons. The molecule has 1 saturated carbocycles. The lowest BCUT2D eigenvalue weighted by Crippen LogP contribution is -2.10. The van der Waals surface area contributed by atoms with Crippen LogP contribution >= 0.6 is 0 Å². The molecule has 0 bridgehead atoms. The highest BCUT2D eigenvalue weighted by atomic mass is 32.2. The molecule has 0 aromatic heterocycles. The summed E-state index contributed by atoms with van der Waals surface area (Å²) in [5.41, 5.74) is 0.254. The van der Waals surface area contributed by atoms with E-state index < -0.39 is 26.9 Å². The number of hydrogen-bond acceptors (Lipinski definition) is 3. The second kappa shape index (κ2) is 4.10. The van der Waals surface area contributed by atoms with Gasteiger partial charge in [-0.25, -0.2) is 12.8 Å². The molecule has 17 heavy (non-hydrogen) atoms. The molecule has 0 heterocycles. The molecular weight excluding hydrogens is 247 g/mol. The fraction of sp³-hybridized carbons (Fsp3) is 0.364. The van der Waals surface area contributed by atoms with E-state index in [9.17, 15) is 17.6 Å². The third kappa shape index (κ3) is 2.46. The number of carboxylic acid groups (broad SMARTS) is 1. The number of carboxylic acids is 1. The molecule has 4 nitrogen and oxygen atoms in total. The lowest BCUT2D eigenvalue weighted by Gasteiger charge is -2.05. The fourth-order valence-corrected chi connectivity index (χ4v) is 3.32. The van der Waals surface area contributed by atoms with Gasteiger partial charge in [0, 0.05) is 0 Å². The normalized spacial score (nSPS) is 15.8. The molecule has 6 heteroatoms. The highest BCUT2D eigenvalue weighted by Gasteiger charge is 2.38. The molecule has 1 N–H and O–H groups in total. The molecule has 1 aliphatic rings. The Bertz CT molecular complexity index is 561. The van der Waals surface area contributed by atoms with E-state index in [1.54, 1.807) is 0 Å². The van der Waals surface area contributed by atoms with Crippen molar-refractivity contribution in [3.8, 4) is 0 Å². The Morgan fingerprint density at radius 1 is 1.41 bits per heavy atom. The maximum Gasteiger partial charge on any atom is 0.307 e. The van der Waals surface area contributed by atoms with Crippen molar-refractivity contribution in [3.63, 3.8) is 0 Å². The molecule has 1 aliphatic carbocycles. The van der Waals surface area contributed by atoms with Crippen molar-refractivity contribution in [2.75, 3.05) is 0 Å². The quantitative estimate of drug-likeness (QED) is 0.885. The number of halogens is 1. The fourth-order valence-electron chi connectivity index (χ4n) is 1.62. The van der Waals surface area contributed by atoms with Gasteiger partial charge in [0.1, 0.15) is 10.7 Å². The largest absolute Gasteiger partial charge is 0.481 e. The van der Waals surface area contributed by atoms with Gasteiger partial charge in [0.2, 0.25) is 0 Å². The van der Waals surface area contributed by atoms with Gasteiger partial charge in [0.15, 0.2) is 9.84 Å². The van der Waals surface area contributed by atoms with Gasteiger partial charge in [-0.15, -0.1) is 0 Å². The molecule has 0 spiro atoms. The van der Waals surface area contributed by atoms with Crippen molar-refractivity contribution in [2.24, 2.45) is 0 Å². The van der Waals surface area contributed by atoms with E-state index >= 15 is 0 Å². The summed E-state index contributed by atoms with van der Waals surface area (Å²) in [7, 11) is -3.56. The number of aliphatic carboxylic acids is 1. The Morgan fingerprint density at radius 2 is 2.06 bits per heavy atom. The maximum absolute atomic E-state index is 13.6. The first-order valence-corrected chi connectivity index (χ1v) is 6.70. The zero-order valence-corrected chi connectivity index (χ0v) is 9.71. The smallest absolute Gasteiger partial charge is 0.307 e. The van der Waals surface area contributed by atoms with Crippen LogP contribution in [-0.2, 0) is 21.1 Å². The van der Waals surface area contributed by atoms with Crippen LogP contribution in [0.4, 0.5) is 4.39 Å². The minimum absolute atomic E-state index is 0.254. The Labute approximate surface area is 98.0 Å². The number of hydrogen-bond donors (Lipinski definition) is 1. The van der Waals surface area contributed by atoms with Crippen molar-refractivity contribution >= 4 is 15.8 Å². The zero-order chi connectivity index (χ0) is 12.6. The highest BCUT2D eigenvalue weighted by molar-refractivity contribution is 7.92. The molecule has 0 saturated heterocycles. The molecule has 1 aromatic carbocycles. The van der Waals surface area contributed by atoms with Crippen molar-refractivity contribution in [1.82, 2.24) is 0 Å². The lowest BCUT2D eigenvalue weighted by molar-refractivity contribution is -0.136. The van der Waals surface area contributed by atoms with E-state index in [-0.39, 0.29) is 16.9 Å². The third-order valence-electron chi connectivity index (χ3n) is 2.62. The van der Waals surface area contributed by atoms with E-state index in [1.165, 1.54) is 6.07 Å². The molecule has 0 unspecified atom stereocenters. The number of benzene rings is 1. The second-order valence-corrected chi connectivity index (χ2v) is 6.28. The summed E-state index contributed by atoms with van der Waals surface area (Å²) in [4.78, 5) is 10.1. The molecule has 0 amide bonds. The maximum atomic E-state index is 13.6. The molecule has 1 aromatic rings. The minimum Gasteiger partial charge on any atom is -0.481 e. The van der Waals surface area contributed by atoms with Crippen LogP contribution in [-0.4, -0.2) is 24.7 Å². The Kier molecular flexibility index (Phi) is 2.91. The Hall–Kier alpha value is -1.43. The summed E-state index contributed by atoms with van der Waals surface area (Å²) in [6, 6.07) is 3.47. The predicted octanol–water partition coefficient (Wildman–Crippen LogP) is 1.39. The van der Waals surface area contributed by atoms with E-state index in [2.05, 4.69) is 0 Å². The van der Waals surface area contributed by atoms with E-state index in [0.29, 0.717) is 12.8 Å². The van der Waals surface area contributed by atoms with Gasteiger partial charge < -0.3 is 5.11 Å². The molecule has 0 aliphatic heterocycles. The molecule has 92 valence electrons. The van der Waals surface area contributed by atoms with Crippen molar-refractivity contribution < 1.29 is 22.7 Å². The molecule has 0 atom stereocenters. The first kappa shape index (κ1) is 12.0. The summed E-state index contributed by atoms with van der Waals surface area (Å²) >= 11 is 0. The van der Waals surface area contributed by atoms with Crippen molar-refractivity contribution in [1.29, 1.82) is 0 Å². The Morgan fingerprint density at radius 3 is 2.53 bits per heavy atom. The molecule has 1 fully saturated rings. The Balaban J connectivity index is 2.35. The summed E-state index contributed by atoms with van der Waals surface area (Å²) in [6.07, 6.45) is 0.817. The van der Waals surface area contributed by atoms with Crippen LogP contribution in [0.15, 0.2) is 23.1 Å². The average Bonchev–Trinajstić information content (AvgIpc) is 2.98. The highest BCUT2D eigenvalue weighted by Crippen LogP contribution is 2.34. The topological polar surface area (TPSA) is 71.4 Å². The molecule has 2 rings (SSSR count). The van der Waals surface area contributed by atoms with Gasteiger partial charge in [-0.2, -0.15) is 0 Å². The van der Waals surface area contributed by atoms with Gasteiger partial charge in [-0.3, -0.25) is 4.79 Å². The zero-order valence-electron chi connectivity index (χ0n) is 8.89.